The summed E-state index contributed by atoms with van der Waals surface area (Å²) in [5, 5.41) is 16.5. The van der Waals surface area contributed by atoms with Gasteiger partial charge >= 0.3 is 5.97 Å². The van der Waals surface area contributed by atoms with Gasteiger partial charge in [0.1, 0.15) is 0 Å². The molecule has 0 rings (SSSR count). The number of aliphatic hydroxyl groups is 1. The number of carboxylic acids is 1. The van der Waals surface area contributed by atoms with Crippen molar-refractivity contribution >= 4 is 17.7 Å². The molecule has 0 heterocycles. The number of hydrogen-bond acceptors (Lipinski definition) is 4. The zero-order valence-corrected chi connectivity index (χ0v) is 6.97. The maximum absolute atomic E-state index is 9.99. The molecular formula is C6H12O4S. The van der Waals surface area contributed by atoms with Gasteiger partial charge in [0.05, 0.1) is 25.6 Å². The summed E-state index contributed by atoms with van der Waals surface area (Å²) < 4.78 is 4.90. The number of carbonyl (C=O) groups is 1. The van der Waals surface area contributed by atoms with Gasteiger partial charge in [-0.1, -0.05) is 0 Å². The van der Waals surface area contributed by atoms with Crippen molar-refractivity contribution in [2.75, 3.05) is 31.3 Å². The molecule has 0 aliphatic rings. The number of rotatable bonds is 7. The van der Waals surface area contributed by atoms with E-state index in [1.54, 1.807) is 0 Å². The highest BCUT2D eigenvalue weighted by Crippen LogP contribution is 1.97. The predicted octanol–water partition coefficient (Wildman–Crippen LogP) is -0.187. The summed E-state index contributed by atoms with van der Waals surface area (Å²) in [5.74, 6) is -0.0356. The lowest BCUT2D eigenvalue weighted by atomic mass is 10.7. The van der Waals surface area contributed by atoms with Crippen LogP contribution in [0, 0.1) is 0 Å². The highest BCUT2D eigenvalue weighted by Gasteiger charge is 1.95. The van der Waals surface area contributed by atoms with Crippen LogP contribution in [0.2, 0.25) is 0 Å². The first kappa shape index (κ1) is 10.7. The predicted molar refractivity (Wildman–Crippen MR) is 42.9 cm³/mol. The third-order valence-electron chi connectivity index (χ3n) is 0.833. The van der Waals surface area contributed by atoms with Crippen molar-refractivity contribution in [3.8, 4) is 0 Å². The number of thioether (sulfide) groups is 1. The van der Waals surface area contributed by atoms with Gasteiger partial charge in [0.25, 0.3) is 0 Å². The zero-order valence-electron chi connectivity index (χ0n) is 6.15. The van der Waals surface area contributed by atoms with Crippen LogP contribution in [0.1, 0.15) is 0 Å². The van der Waals surface area contributed by atoms with Gasteiger partial charge in [0.15, 0.2) is 0 Å². The van der Waals surface area contributed by atoms with Crippen LogP contribution in [0.3, 0.4) is 0 Å². The molecule has 0 unspecified atom stereocenters. The number of hydrogen-bond donors (Lipinski definition) is 2. The molecular weight excluding hydrogens is 168 g/mol. The maximum atomic E-state index is 9.99. The lowest BCUT2D eigenvalue weighted by molar-refractivity contribution is -0.133. The fourth-order valence-corrected chi connectivity index (χ4v) is 0.999. The minimum absolute atomic E-state index is 0.0175. The highest BCUT2D eigenvalue weighted by atomic mass is 32.2. The third kappa shape index (κ3) is 9.74. The fourth-order valence-electron chi connectivity index (χ4n) is 0.444. The summed E-state index contributed by atoms with van der Waals surface area (Å²) in [7, 11) is 0. The Labute approximate surface area is 69.6 Å². The van der Waals surface area contributed by atoms with Crippen LogP contribution < -0.4 is 0 Å². The van der Waals surface area contributed by atoms with Gasteiger partial charge in [-0.05, 0) is 0 Å². The molecule has 0 fully saturated rings. The Morgan fingerprint density at radius 2 is 2.18 bits per heavy atom. The van der Waals surface area contributed by atoms with Crippen LogP contribution in [-0.4, -0.2) is 47.5 Å². The summed E-state index contributed by atoms with van der Waals surface area (Å²) in [5.41, 5.74) is 0. The van der Waals surface area contributed by atoms with E-state index in [1.165, 1.54) is 11.8 Å². The normalized spacial score (nSPS) is 9.91. The molecule has 0 amide bonds. The van der Waals surface area contributed by atoms with E-state index in [0.29, 0.717) is 19.0 Å². The van der Waals surface area contributed by atoms with Crippen LogP contribution in [0.15, 0.2) is 0 Å². The van der Waals surface area contributed by atoms with Gasteiger partial charge in [0, 0.05) is 5.75 Å². The quantitative estimate of drug-likeness (QED) is 0.532. The molecule has 4 nitrogen and oxygen atoms in total. The van der Waals surface area contributed by atoms with E-state index in [4.69, 9.17) is 14.9 Å². The first-order valence-electron chi connectivity index (χ1n) is 3.25. The van der Waals surface area contributed by atoms with E-state index in [9.17, 15) is 4.79 Å². The Balaban J connectivity index is 2.85. The number of aliphatic hydroxyl groups excluding tert-OH is 1. The van der Waals surface area contributed by atoms with Crippen molar-refractivity contribution < 1.29 is 19.7 Å². The molecule has 2 N–H and O–H groups in total. The molecule has 0 aliphatic heterocycles. The molecule has 0 atom stereocenters. The Kier molecular flexibility index (Phi) is 7.66. The Morgan fingerprint density at radius 3 is 2.73 bits per heavy atom. The van der Waals surface area contributed by atoms with Crippen LogP contribution >= 0.6 is 11.8 Å². The van der Waals surface area contributed by atoms with Gasteiger partial charge in [-0.25, -0.2) is 0 Å². The van der Waals surface area contributed by atoms with Crippen molar-refractivity contribution in [3.05, 3.63) is 0 Å². The van der Waals surface area contributed by atoms with Gasteiger partial charge in [-0.3, -0.25) is 4.79 Å². The van der Waals surface area contributed by atoms with E-state index >= 15 is 0 Å². The van der Waals surface area contributed by atoms with Crippen molar-refractivity contribution in [2.45, 2.75) is 0 Å². The van der Waals surface area contributed by atoms with Gasteiger partial charge in [0.2, 0.25) is 0 Å². The van der Waals surface area contributed by atoms with Gasteiger partial charge in [-0.2, -0.15) is 0 Å². The van der Waals surface area contributed by atoms with Crippen LogP contribution in [0.4, 0.5) is 0 Å². The van der Waals surface area contributed by atoms with E-state index < -0.39 is 5.97 Å². The topological polar surface area (TPSA) is 66.8 Å². The molecule has 0 radical (unpaired) electrons. The van der Waals surface area contributed by atoms with Crippen molar-refractivity contribution in [2.24, 2.45) is 0 Å². The molecule has 5 heteroatoms. The molecule has 0 spiro atoms. The Hall–Kier alpha value is -0.260. The largest absolute Gasteiger partial charge is 0.481 e. The molecule has 0 aromatic carbocycles. The SMILES string of the molecule is O=C(O)CSCCOCCO. The smallest absolute Gasteiger partial charge is 0.313 e. The summed E-state index contributed by atoms with van der Waals surface area (Å²) in [4.78, 5) is 9.99. The van der Waals surface area contributed by atoms with Gasteiger partial charge in [-0.15, -0.1) is 11.8 Å². The van der Waals surface area contributed by atoms with Crippen LogP contribution in [0.25, 0.3) is 0 Å². The summed E-state index contributed by atoms with van der Waals surface area (Å²) >= 11 is 1.31. The highest BCUT2D eigenvalue weighted by molar-refractivity contribution is 7.99. The van der Waals surface area contributed by atoms with E-state index in [-0.39, 0.29) is 12.4 Å². The van der Waals surface area contributed by atoms with E-state index in [1.807, 2.05) is 0 Å². The molecule has 0 aliphatic carbocycles. The summed E-state index contributed by atoms with van der Waals surface area (Å²) in [6.07, 6.45) is 0. The lowest BCUT2D eigenvalue weighted by Gasteiger charge is -1.99. The van der Waals surface area contributed by atoms with Crippen molar-refractivity contribution in [3.63, 3.8) is 0 Å². The molecule has 0 saturated heterocycles. The number of aliphatic carboxylic acids is 1. The first-order valence-corrected chi connectivity index (χ1v) is 4.41. The Morgan fingerprint density at radius 1 is 1.45 bits per heavy atom. The van der Waals surface area contributed by atoms with Crippen molar-refractivity contribution in [1.82, 2.24) is 0 Å². The van der Waals surface area contributed by atoms with Crippen LogP contribution in [-0.2, 0) is 9.53 Å². The average Bonchev–Trinajstić information content (AvgIpc) is 1.96. The molecule has 66 valence electrons. The first-order chi connectivity index (χ1) is 5.27. The van der Waals surface area contributed by atoms with E-state index in [2.05, 4.69) is 0 Å². The molecule has 0 saturated carbocycles. The zero-order chi connectivity index (χ0) is 8.53. The number of carboxylic acid groups (broad SMARTS) is 1. The number of ether oxygens (including phenoxy) is 1. The van der Waals surface area contributed by atoms with Crippen molar-refractivity contribution in [1.29, 1.82) is 0 Å². The second kappa shape index (κ2) is 7.84. The maximum Gasteiger partial charge on any atom is 0.313 e. The lowest BCUT2D eigenvalue weighted by Crippen LogP contribution is -2.05. The fraction of sp³-hybridized carbons (Fsp3) is 0.833. The minimum atomic E-state index is -0.808. The summed E-state index contributed by atoms with van der Waals surface area (Å²) in [6, 6.07) is 0. The molecule has 0 bridgehead atoms. The molecule has 11 heavy (non-hydrogen) atoms. The van der Waals surface area contributed by atoms with Crippen LogP contribution in [0.5, 0.6) is 0 Å². The third-order valence-corrected chi connectivity index (χ3v) is 1.74. The molecule has 0 aromatic rings. The minimum Gasteiger partial charge on any atom is -0.481 e. The summed E-state index contributed by atoms with van der Waals surface area (Å²) in [6.45, 7) is 0.843. The standard InChI is InChI=1S/C6H12O4S/c7-1-2-10-3-4-11-5-6(8)9/h7H,1-5H2,(H,8,9). The van der Waals surface area contributed by atoms with E-state index in [0.717, 1.165) is 0 Å². The second-order valence-corrected chi connectivity index (χ2v) is 2.89. The monoisotopic (exact) mass is 180 g/mol. The molecule has 0 aromatic heterocycles. The Bertz CT molecular complexity index is 107. The van der Waals surface area contributed by atoms with Gasteiger partial charge < -0.3 is 14.9 Å². The second-order valence-electron chi connectivity index (χ2n) is 1.78. The average molecular weight is 180 g/mol.